The molecule has 0 spiro atoms. The molecule has 0 fully saturated rings. The van der Waals surface area contributed by atoms with Gasteiger partial charge in [-0.05, 0) is 17.7 Å². The third-order valence-electron chi connectivity index (χ3n) is 2.93. The number of nitrogens with zero attached hydrogens (tertiary/aromatic N) is 3. The van der Waals surface area contributed by atoms with Crippen LogP contribution in [-0.4, -0.2) is 22.2 Å². The first-order valence-corrected chi connectivity index (χ1v) is 6.71. The maximum atomic E-state index is 5.87. The third-order valence-corrected chi connectivity index (χ3v) is 3.46. The van der Waals surface area contributed by atoms with E-state index < -0.39 is 0 Å². The largest absolute Gasteiger partial charge is 0.382 e. The summed E-state index contributed by atoms with van der Waals surface area (Å²) in [5.41, 5.74) is 8.56. The standard InChI is InChI=1S/C13H12BrN5/c14-9-3-1-8(2-4-9)10-5-6-16-13-11(19-10)12(15)17-7-18-13/h1-4,7H,5-6H2,(H3,15,16,17,18). The minimum absolute atomic E-state index is 0.397. The fourth-order valence-electron chi connectivity index (χ4n) is 1.97. The van der Waals surface area contributed by atoms with Gasteiger partial charge in [0.15, 0.2) is 11.6 Å². The minimum Gasteiger partial charge on any atom is -0.382 e. The first kappa shape index (κ1) is 12.1. The SMILES string of the molecule is Nc1ncnc2c1N=C(c1ccc(Br)cc1)CCN2. The number of hydrogen-bond donors (Lipinski definition) is 2. The molecular formula is C13H12BrN5. The van der Waals surface area contributed by atoms with E-state index in [1.165, 1.54) is 6.33 Å². The summed E-state index contributed by atoms with van der Waals surface area (Å²) >= 11 is 3.43. The second-order valence-corrected chi connectivity index (χ2v) is 5.11. The minimum atomic E-state index is 0.397. The van der Waals surface area contributed by atoms with Crippen molar-refractivity contribution in [3.63, 3.8) is 0 Å². The van der Waals surface area contributed by atoms with Gasteiger partial charge in [0.2, 0.25) is 0 Å². The average Bonchev–Trinajstić information content (AvgIpc) is 2.63. The van der Waals surface area contributed by atoms with Crippen LogP contribution in [0.25, 0.3) is 0 Å². The predicted octanol–water partition coefficient (Wildman–Crippen LogP) is 2.76. The van der Waals surface area contributed by atoms with E-state index in [0.29, 0.717) is 17.3 Å². The maximum absolute atomic E-state index is 5.87. The van der Waals surface area contributed by atoms with E-state index in [0.717, 1.165) is 28.7 Å². The van der Waals surface area contributed by atoms with Crippen molar-refractivity contribution >= 4 is 39.0 Å². The van der Waals surface area contributed by atoms with E-state index in [4.69, 9.17) is 5.73 Å². The molecule has 0 atom stereocenters. The van der Waals surface area contributed by atoms with E-state index in [1.54, 1.807) is 0 Å². The van der Waals surface area contributed by atoms with Crippen LogP contribution in [0, 0.1) is 0 Å². The number of hydrogen-bond acceptors (Lipinski definition) is 5. The molecule has 0 bridgehead atoms. The topological polar surface area (TPSA) is 76.2 Å². The highest BCUT2D eigenvalue weighted by Gasteiger charge is 2.14. The first-order valence-electron chi connectivity index (χ1n) is 5.92. The van der Waals surface area contributed by atoms with E-state index in [2.05, 4.69) is 36.2 Å². The number of aliphatic imine (C=N–C) groups is 1. The Hall–Kier alpha value is -1.95. The summed E-state index contributed by atoms with van der Waals surface area (Å²) in [6.07, 6.45) is 2.26. The summed E-state index contributed by atoms with van der Waals surface area (Å²) in [7, 11) is 0. The summed E-state index contributed by atoms with van der Waals surface area (Å²) in [6, 6.07) is 8.08. The van der Waals surface area contributed by atoms with Gasteiger partial charge in [-0.25, -0.2) is 15.0 Å². The van der Waals surface area contributed by atoms with Crippen molar-refractivity contribution in [1.82, 2.24) is 9.97 Å². The van der Waals surface area contributed by atoms with Gasteiger partial charge in [-0.3, -0.25) is 0 Å². The van der Waals surface area contributed by atoms with Crippen LogP contribution in [0.2, 0.25) is 0 Å². The number of halogens is 1. The molecule has 1 aromatic heterocycles. The van der Waals surface area contributed by atoms with Crippen LogP contribution in [0.1, 0.15) is 12.0 Å². The summed E-state index contributed by atoms with van der Waals surface area (Å²) in [5, 5.41) is 3.22. The Bertz CT molecular complexity index is 636. The van der Waals surface area contributed by atoms with Gasteiger partial charge in [0.25, 0.3) is 0 Å². The van der Waals surface area contributed by atoms with Crippen LogP contribution >= 0.6 is 15.9 Å². The zero-order chi connectivity index (χ0) is 13.2. The van der Waals surface area contributed by atoms with Crippen LogP contribution in [0.4, 0.5) is 17.3 Å². The van der Waals surface area contributed by atoms with E-state index in [9.17, 15) is 0 Å². The fourth-order valence-corrected chi connectivity index (χ4v) is 2.24. The van der Waals surface area contributed by atoms with Crippen LogP contribution in [0.15, 0.2) is 40.1 Å². The molecule has 1 aliphatic heterocycles. The fraction of sp³-hybridized carbons (Fsp3) is 0.154. The number of nitrogens with one attached hydrogen (secondary N) is 1. The van der Waals surface area contributed by atoms with Crippen molar-refractivity contribution < 1.29 is 0 Å². The molecule has 2 heterocycles. The van der Waals surface area contributed by atoms with Gasteiger partial charge in [0, 0.05) is 17.4 Å². The Balaban J connectivity index is 2.07. The predicted molar refractivity (Wildman–Crippen MR) is 79.9 cm³/mol. The second-order valence-electron chi connectivity index (χ2n) is 4.20. The highest BCUT2D eigenvalue weighted by Crippen LogP contribution is 2.30. The highest BCUT2D eigenvalue weighted by atomic mass is 79.9. The lowest BCUT2D eigenvalue weighted by molar-refractivity contribution is 1.08. The van der Waals surface area contributed by atoms with Crippen molar-refractivity contribution in [3.8, 4) is 0 Å². The summed E-state index contributed by atoms with van der Waals surface area (Å²) < 4.78 is 1.05. The number of fused-ring (bicyclic) bond motifs is 1. The Morgan fingerprint density at radius 3 is 2.74 bits per heavy atom. The Kier molecular flexibility index (Phi) is 3.16. The molecule has 0 amide bonds. The van der Waals surface area contributed by atoms with Crippen LogP contribution < -0.4 is 11.1 Å². The summed E-state index contributed by atoms with van der Waals surface area (Å²) in [5.74, 6) is 1.09. The number of rotatable bonds is 1. The van der Waals surface area contributed by atoms with Gasteiger partial charge in [0.1, 0.15) is 12.0 Å². The number of nitrogens with two attached hydrogens (primary N) is 1. The zero-order valence-electron chi connectivity index (χ0n) is 10.1. The Labute approximate surface area is 119 Å². The number of benzene rings is 1. The van der Waals surface area contributed by atoms with Crippen LogP contribution in [0.3, 0.4) is 0 Å². The average molecular weight is 318 g/mol. The number of nitrogen functional groups attached to an aromatic ring is 1. The Morgan fingerprint density at radius 1 is 1.16 bits per heavy atom. The maximum Gasteiger partial charge on any atom is 0.157 e. The van der Waals surface area contributed by atoms with Gasteiger partial charge in [-0.2, -0.15) is 0 Å². The molecule has 96 valence electrons. The molecule has 19 heavy (non-hydrogen) atoms. The van der Waals surface area contributed by atoms with Crippen molar-refractivity contribution in [2.75, 3.05) is 17.6 Å². The molecule has 0 aliphatic carbocycles. The van der Waals surface area contributed by atoms with Crippen molar-refractivity contribution in [2.24, 2.45) is 4.99 Å². The zero-order valence-corrected chi connectivity index (χ0v) is 11.7. The quantitative estimate of drug-likeness (QED) is 0.848. The lowest BCUT2D eigenvalue weighted by Gasteiger charge is -2.04. The molecule has 6 heteroatoms. The highest BCUT2D eigenvalue weighted by molar-refractivity contribution is 9.10. The normalized spacial score (nSPS) is 14.1. The van der Waals surface area contributed by atoms with Crippen LogP contribution in [-0.2, 0) is 0 Å². The molecule has 0 saturated heterocycles. The molecule has 0 saturated carbocycles. The molecule has 3 N–H and O–H groups in total. The molecule has 5 nitrogen and oxygen atoms in total. The molecule has 1 aromatic carbocycles. The summed E-state index contributed by atoms with van der Waals surface area (Å²) in [6.45, 7) is 0.776. The molecule has 0 unspecified atom stereocenters. The molecule has 1 aliphatic rings. The van der Waals surface area contributed by atoms with E-state index in [1.807, 2.05) is 24.3 Å². The third kappa shape index (κ3) is 2.44. The number of anilines is 2. The van der Waals surface area contributed by atoms with Crippen molar-refractivity contribution in [2.45, 2.75) is 6.42 Å². The molecule has 2 aromatic rings. The smallest absolute Gasteiger partial charge is 0.157 e. The van der Waals surface area contributed by atoms with E-state index in [-0.39, 0.29) is 0 Å². The van der Waals surface area contributed by atoms with Gasteiger partial charge < -0.3 is 11.1 Å². The van der Waals surface area contributed by atoms with Crippen molar-refractivity contribution in [1.29, 1.82) is 0 Å². The monoisotopic (exact) mass is 317 g/mol. The lowest BCUT2D eigenvalue weighted by atomic mass is 10.1. The molecule has 3 rings (SSSR count). The lowest BCUT2D eigenvalue weighted by Crippen LogP contribution is -2.07. The Morgan fingerprint density at radius 2 is 1.95 bits per heavy atom. The van der Waals surface area contributed by atoms with E-state index >= 15 is 0 Å². The number of aromatic nitrogens is 2. The summed E-state index contributed by atoms with van der Waals surface area (Å²) in [4.78, 5) is 12.8. The second kappa shape index (κ2) is 4.97. The van der Waals surface area contributed by atoms with Crippen LogP contribution in [0.5, 0.6) is 0 Å². The molecule has 0 radical (unpaired) electrons. The molecular weight excluding hydrogens is 306 g/mol. The van der Waals surface area contributed by atoms with Gasteiger partial charge in [-0.1, -0.05) is 28.1 Å². The van der Waals surface area contributed by atoms with Gasteiger partial charge >= 0.3 is 0 Å². The van der Waals surface area contributed by atoms with Gasteiger partial charge in [0.05, 0.1) is 5.71 Å². The van der Waals surface area contributed by atoms with Gasteiger partial charge in [-0.15, -0.1) is 0 Å². The van der Waals surface area contributed by atoms with Crippen molar-refractivity contribution in [3.05, 3.63) is 40.6 Å². The first-order chi connectivity index (χ1) is 9.24.